The summed E-state index contributed by atoms with van der Waals surface area (Å²) in [6.45, 7) is 0. The van der Waals surface area contributed by atoms with Crippen molar-refractivity contribution in [2.45, 2.75) is 5.41 Å². The third kappa shape index (κ3) is 6.05. The van der Waals surface area contributed by atoms with Crippen molar-refractivity contribution in [1.82, 2.24) is 9.13 Å². The summed E-state index contributed by atoms with van der Waals surface area (Å²) in [5, 5.41) is 5.03. The van der Waals surface area contributed by atoms with Gasteiger partial charge in [0.15, 0.2) is 0 Å². The number of para-hydroxylation sites is 6. The van der Waals surface area contributed by atoms with Gasteiger partial charge in [0.25, 0.3) is 0 Å². The minimum Gasteiger partial charge on any atom is -0.310 e. The Hall–Kier alpha value is -9.96. The predicted octanol–water partition coefficient (Wildman–Crippen LogP) is 19.0. The highest BCUT2D eigenvalue weighted by molar-refractivity contribution is 6.13. The zero-order chi connectivity index (χ0) is 49.9. The molecule has 14 aromatic rings. The molecule has 0 saturated heterocycles. The van der Waals surface area contributed by atoms with Crippen LogP contribution in [-0.2, 0) is 5.41 Å². The lowest BCUT2D eigenvalue weighted by atomic mass is 9.65. The number of hydrogen-bond donors (Lipinski definition) is 0. The minimum absolute atomic E-state index is 0.590. The molecule has 0 N–H and O–H groups in total. The van der Waals surface area contributed by atoms with E-state index < -0.39 is 5.41 Å². The molecule has 3 heterocycles. The third-order valence-corrected chi connectivity index (χ3v) is 16.5. The molecule has 1 atom stereocenters. The second-order valence-electron chi connectivity index (χ2n) is 20.4. The van der Waals surface area contributed by atoms with E-state index in [4.69, 9.17) is 0 Å². The van der Waals surface area contributed by atoms with Gasteiger partial charge in [-0.25, -0.2) is 0 Å². The van der Waals surface area contributed by atoms with E-state index >= 15 is 0 Å². The van der Waals surface area contributed by atoms with Crippen LogP contribution in [0, 0.1) is 0 Å². The van der Waals surface area contributed by atoms with Crippen molar-refractivity contribution >= 4 is 60.7 Å². The molecule has 1 spiro atoms. The van der Waals surface area contributed by atoms with Crippen LogP contribution >= 0.6 is 0 Å². The first-order valence-electron chi connectivity index (χ1n) is 26.3. The fraction of sp³-hybridized carbons (Fsp3) is 0.0137. The standard InChI is InChI=1S/C73H47N3/c1-3-18-48(19-4-1)49-34-36-51(37-35-49)56-22-8-13-30-67(56)74(54-41-38-50(39-42-54)52-40-45-70-62(46-52)60-25-10-14-31-68(60)75(70)53-20-5-2-6-21-53)55-43-44-58-57-23-7-11-27-63(57)73(66(58)47-55)64-28-12-16-33-71(64)76-69-32-15-9-24-59(69)61-26-17-29-65(73)72(61)76/h1-47H. The maximum Gasteiger partial charge on any atom is 0.0755 e. The van der Waals surface area contributed by atoms with Gasteiger partial charge in [-0.2, -0.15) is 0 Å². The molecular formula is C73H47N3. The Morgan fingerprint density at radius 1 is 0.276 bits per heavy atom. The lowest BCUT2D eigenvalue weighted by Crippen LogP contribution is -2.33. The molecule has 16 rings (SSSR count). The first-order valence-corrected chi connectivity index (χ1v) is 26.3. The average Bonchev–Trinajstić information content (AvgIpc) is 4.11. The Morgan fingerprint density at radius 2 is 0.803 bits per heavy atom. The van der Waals surface area contributed by atoms with Crippen molar-refractivity contribution in [2.24, 2.45) is 0 Å². The number of anilines is 3. The van der Waals surface area contributed by atoms with E-state index in [2.05, 4.69) is 299 Å². The molecule has 1 aliphatic carbocycles. The molecule has 2 aromatic heterocycles. The van der Waals surface area contributed by atoms with Gasteiger partial charge < -0.3 is 14.0 Å². The molecule has 2 aliphatic rings. The molecule has 3 nitrogen and oxygen atoms in total. The minimum atomic E-state index is -0.590. The average molecular weight is 966 g/mol. The predicted molar refractivity (Wildman–Crippen MR) is 317 cm³/mol. The van der Waals surface area contributed by atoms with E-state index in [0.29, 0.717) is 0 Å². The van der Waals surface area contributed by atoms with Gasteiger partial charge in [0.1, 0.15) is 0 Å². The Bertz CT molecular complexity index is 4620. The van der Waals surface area contributed by atoms with Gasteiger partial charge in [0.2, 0.25) is 0 Å². The summed E-state index contributed by atoms with van der Waals surface area (Å²) in [6.07, 6.45) is 0. The summed E-state index contributed by atoms with van der Waals surface area (Å²) in [6, 6.07) is 106. The van der Waals surface area contributed by atoms with Crippen molar-refractivity contribution in [3.05, 3.63) is 307 Å². The monoisotopic (exact) mass is 965 g/mol. The van der Waals surface area contributed by atoms with Gasteiger partial charge in [-0.05, 0) is 134 Å². The Morgan fingerprint density at radius 3 is 1.61 bits per heavy atom. The van der Waals surface area contributed by atoms with Crippen molar-refractivity contribution in [3.63, 3.8) is 0 Å². The van der Waals surface area contributed by atoms with E-state index in [1.54, 1.807) is 0 Å². The fourth-order valence-electron chi connectivity index (χ4n) is 13.3. The summed E-state index contributed by atoms with van der Waals surface area (Å²) in [5.41, 5.74) is 24.8. The summed E-state index contributed by atoms with van der Waals surface area (Å²) in [5.74, 6) is 0. The van der Waals surface area contributed by atoms with Gasteiger partial charge in [-0.1, -0.05) is 212 Å². The molecule has 0 fully saturated rings. The number of rotatable bonds is 7. The summed E-state index contributed by atoms with van der Waals surface area (Å²) >= 11 is 0. The molecule has 1 aliphatic heterocycles. The van der Waals surface area contributed by atoms with Gasteiger partial charge in [-0.15, -0.1) is 0 Å². The van der Waals surface area contributed by atoms with Crippen molar-refractivity contribution in [1.29, 1.82) is 0 Å². The molecule has 76 heavy (non-hydrogen) atoms. The van der Waals surface area contributed by atoms with Crippen molar-refractivity contribution in [3.8, 4) is 55.9 Å². The van der Waals surface area contributed by atoms with Crippen molar-refractivity contribution < 1.29 is 0 Å². The third-order valence-electron chi connectivity index (χ3n) is 16.5. The van der Waals surface area contributed by atoms with Gasteiger partial charge >= 0.3 is 0 Å². The molecule has 1 unspecified atom stereocenters. The van der Waals surface area contributed by atoms with Crippen LogP contribution in [0.5, 0.6) is 0 Å². The van der Waals surface area contributed by atoms with Crippen LogP contribution in [0.1, 0.15) is 22.3 Å². The van der Waals surface area contributed by atoms with E-state index in [0.717, 1.165) is 39.4 Å². The van der Waals surface area contributed by atoms with Crippen LogP contribution in [0.25, 0.3) is 99.5 Å². The fourth-order valence-corrected chi connectivity index (χ4v) is 13.3. The normalized spacial score (nSPS) is 14.1. The second kappa shape index (κ2) is 16.5. The van der Waals surface area contributed by atoms with Gasteiger partial charge in [0, 0.05) is 44.2 Å². The smallest absolute Gasteiger partial charge is 0.0755 e. The summed E-state index contributed by atoms with van der Waals surface area (Å²) in [4.78, 5) is 2.49. The highest BCUT2D eigenvalue weighted by Crippen LogP contribution is 2.62. The zero-order valence-corrected chi connectivity index (χ0v) is 41.5. The Balaban J connectivity index is 0.903. The largest absolute Gasteiger partial charge is 0.310 e. The van der Waals surface area contributed by atoms with Crippen LogP contribution in [0.15, 0.2) is 285 Å². The van der Waals surface area contributed by atoms with Crippen LogP contribution in [0.3, 0.4) is 0 Å². The number of hydrogen-bond acceptors (Lipinski definition) is 1. The van der Waals surface area contributed by atoms with Crippen molar-refractivity contribution in [2.75, 3.05) is 4.90 Å². The quantitative estimate of drug-likeness (QED) is 0.155. The Labute approximate surface area is 441 Å². The van der Waals surface area contributed by atoms with E-state index in [9.17, 15) is 0 Å². The summed E-state index contributed by atoms with van der Waals surface area (Å²) in [7, 11) is 0. The zero-order valence-electron chi connectivity index (χ0n) is 41.5. The Kier molecular flexibility index (Phi) is 9.25. The highest BCUT2D eigenvalue weighted by atomic mass is 15.1. The van der Waals surface area contributed by atoms with Crippen LogP contribution < -0.4 is 4.90 Å². The number of benzene rings is 12. The van der Waals surface area contributed by atoms with Crippen LogP contribution in [0.4, 0.5) is 17.1 Å². The lowest BCUT2D eigenvalue weighted by Gasteiger charge is -2.40. The molecule has 0 saturated carbocycles. The maximum absolute atomic E-state index is 2.53. The molecule has 0 bridgehead atoms. The number of nitrogens with zero attached hydrogens (tertiary/aromatic N) is 3. The highest BCUT2D eigenvalue weighted by Gasteiger charge is 2.51. The number of aromatic nitrogens is 2. The lowest BCUT2D eigenvalue weighted by molar-refractivity contribution is 0.748. The van der Waals surface area contributed by atoms with Gasteiger partial charge in [-0.3, -0.25) is 0 Å². The maximum atomic E-state index is 2.53. The van der Waals surface area contributed by atoms with Crippen LogP contribution in [0.2, 0.25) is 0 Å². The molecule has 0 amide bonds. The van der Waals surface area contributed by atoms with E-state index in [1.807, 2.05) is 0 Å². The van der Waals surface area contributed by atoms with Crippen LogP contribution in [-0.4, -0.2) is 9.13 Å². The topological polar surface area (TPSA) is 13.1 Å². The molecular weight excluding hydrogens is 919 g/mol. The SMILES string of the molecule is c1ccc(-c2ccc(-c3ccccc3N(c3ccc(-c4ccc5c(c4)c4ccccc4n5-c4ccccc4)cc3)c3ccc4c(c3)C3(c5ccccc5-4)c4ccccc4-n4c5ccccc5c5cccc3c54)cc2)cc1. The molecule has 354 valence electrons. The second-order valence-corrected chi connectivity index (χ2v) is 20.4. The first-order chi connectivity index (χ1) is 37.7. The van der Waals surface area contributed by atoms with E-state index in [-0.39, 0.29) is 0 Å². The van der Waals surface area contributed by atoms with E-state index in [1.165, 1.54) is 99.4 Å². The molecule has 3 heteroatoms. The first kappa shape index (κ1) is 42.5. The number of fused-ring (bicyclic) bond motifs is 15. The van der Waals surface area contributed by atoms with Gasteiger partial charge in [0.05, 0.1) is 38.9 Å². The molecule has 0 radical (unpaired) electrons. The molecule has 12 aromatic carbocycles. The summed E-state index contributed by atoms with van der Waals surface area (Å²) < 4.78 is 4.91.